The largest absolute Gasteiger partial charge is 0.396 e. The molecule has 0 radical (unpaired) electrons. The van der Waals surface area contributed by atoms with Gasteiger partial charge in [-0.05, 0) is 25.0 Å². The SMILES string of the molecule is CS(=O)(=O)c1cc(NC2CCCCCC2CO)ccc1[N+](=O)[O-]. The van der Waals surface area contributed by atoms with Crippen molar-refractivity contribution in [3.05, 3.63) is 28.3 Å². The molecule has 2 unspecified atom stereocenters. The van der Waals surface area contributed by atoms with Crippen LogP contribution in [0.15, 0.2) is 23.1 Å². The third kappa shape index (κ3) is 4.42. The van der Waals surface area contributed by atoms with E-state index in [9.17, 15) is 23.6 Å². The highest BCUT2D eigenvalue weighted by atomic mass is 32.2. The fourth-order valence-electron chi connectivity index (χ4n) is 3.06. The molecule has 0 saturated heterocycles. The predicted octanol–water partition coefficient (Wildman–Crippen LogP) is 2.35. The molecular weight excluding hydrogens is 320 g/mol. The van der Waals surface area contributed by atoms with E-state index in [0.717, 1.165) is 38.4 Å². The van der Waals surface area contributed by atoms with Crippen LogP contribution in [0.5, 0.6) is 0 Å². The zero-order valence-corrected chi connectivity index (χ0v) is 13.9. The fraction of sp³-hybridized carbons (Fsp3) is 0.600. The summed E-state index contributed by atoms with van der Waals surface area (Å²) in [6.45, 7) is 0.0730. The lowest BCUT2D eigenvalue weighted by Crippen LogP contribution is -2.30. The van der Waals surface area contributed by atoms with E-state index < -0.39 is 20.4 Å². The van der Waals surface area contributed by atoms with Crippen molar-refractivity contribution >= 4 is 21.2 Å². The molecule has 0 heterocycles. The van der Waals surface area contributed by atoms with Gasteiger partial charge in [0.1, 0.15) is 4.90 Å². The monoisotopic (exact) mass is 342 g/mol. The molecule has 1 fully saturated rings. The highest BCUT2D eigenvalue weighted by molar-refractivity contribution is 7.90. The number of aliphatic hydroxyl groups excluding tert-OH is 1. The van der Waals surface area contributed by atoms with Crippen LogP contribution < -0.4 is 5.32 Å². The first-order valence-corrected chi connectivity index (χ1v) is 9.58. The first kappa shape index (κ1) is 17.7. The topological polar surface area (TPSA) is 110 Å². The van der Waals surface area contributed by atoms with Crippen LogP contribution in [0.3, 0.4) is 0 Å². The quantitative estimate of drug-likeness (QED) is 0.483. The fourth-order valence-corrected chi connectivity index (χ4v) is 3.92. The normalized spacial score (nSPS) is 22.3. The van der Waals surface area contributed by atoms with Gasteiger partial charge in [-0.3, -0.25) is 10.1 Å². The van der Waals surface area contributed by atoms with Crippen molar-refractivity contribution in [2.75, 3.05) is 18.2 Å². The number of hydrogen-bond donors (Lipinski definition) is 2. The Kier molecular flexibility index (Phi) is 5.59. The maximum absolute atomic E-state index is 11.8. The molecule has 1 aliphatic rings. The van der Waals surface area contributed by atoms with Crippen molar-refractivity contribution in [2.45, 2.75) is 43.0 Å². The number of rotatable bonds is 5. The number of nitro groups is 1. The summed E-state index contributed by atoms with van der Waals surface area (Å²) in [4.78, 5) is 10.0. The Hall–Kier alpha value is -1.67. The lowest BCUT2D eigenvalue weighted by Gasteiger charge is -2.25. The van der Waals surface area contributed by atoms with Crippen LogP contribution in [0.1, 0.15) is 32.1 Å². The highest BCUT2D eigenvalue weighted by Gasteiger charge is 2.26. The van der Waals surface area contributed by atoms with Gasteiger partial charge in [0, 0.05) is 36.6 Å². The first-order chi connectivity index (χ1) is 10.8. The summed E-state index contributed by atoms with van der Waals surface area (Å²) in [5.41, 5.74) is 0.110. The molecule has 0 aliphatic heterocycles. The Morgan fingerprint density at radius 3 is 2.61 bits per heavy atom. The van der Waals surface area contributed by atoms with E-state index in [-0.39, 0.29) is 23.5 Å². The van der Waals surface area contributed by atoms with E-state index in [1.165, 1.54) is 18.2 Å². The molecule has 2 atom stereocenters. The standard InChI is InChI=1S/C15H22N2O5S/c1-23(21,22)15-9-12(7-8-14(15)17(19)20)16-13-6-4-2-3-5-11(13)10-18/h7-9,11,13,16,18H,2-6,10H2,1H3. The van der Waals surface area contributed by atoms with Crippen LogP contribution in [-0.2, 0) is 9.84 Å². The van der Waals surface area contributed by atoms with Gasteiger partial charge in [0.15, 0.2) is 9.84 Å². The molecule has 1 aromatic rings. The number of nitrogens with one attached hydrogen (secondary N) is 1. The summed E-state index contributed by atoms with van der Waals surface area (Å²) in [5.74, 6) is 0.106. The maximum atomic E-state index is 11.8. The number of nitrogens with zero attached hydrogens (tertiary/aromatic N) is 1. The van der Waals surface area contributed by atoms with Gasteiger partial charge in [0.05, 0.1) is 4.92 Å². The molecule has 2 rings (SSSR count). The van der Waals surface area contributed by atoms with Gasteiger partial charge in [-0.15, -0.1) is 0 Å². The highest BCUT2D eigenvalue weighted by Crippen LogP contribution is 2.30. The predicted molar refractivity (Wildman–Crippen MR) is 87.3 cm³/mol. The summed E-state index contributed by atoms with van der Waals surface area (Å²) in [6, 6.07) is 4.08. The van der Waals surface area contributed by atoms with Crippen molar-refractivity contribution in [3.8, 4) is 0 Å². The minimum atomic E-state index is -3.70. The molecule has 128 valence electrons. The minimum Gasteiger partial charge on any atom is -0.396 e. The number of sulfone groups is 1. The summed E-state index contributed by atoms with van der Waals surface area (Å²) < 4.78 is 23.6. The average Bonchev–Trinajstić information content (AvgIpc) is 2.71. The Bertz CT molecular complexity index is 674. The van der Waals surface area contributed by atoms with E-state index in [0.29, 0.717) is 5.69 Å². The molecule has 2 N–H and O–H groups in total. The third-order valence-corrected chi connectivity index (χ3v) is 5.43. The molecule has 0 bridgehead atoms. The van der Waals surface area contributed by atoms with E-state index in [2.05, 4.69) is 5.32 Å². The van der Waals surface area contributed by atoms with Gasteiger partial charge in [-0.25, -0.2) is 8.42 Å². The summed E-state index contributed by atoms with van der Waals surface area (Å²) >= 11 is 0. The van der Waals surface area contributed by atoms with Crippen molar-refractivity contribution < 1.29 is 18.4 Å². The zero-order valence-electron chi connectivity index (χ0n) is 13.1. The molecular formula is C15H22N2O5S. The van der Waals surface area contributed by atoms with Gasteiger partial charge in [-0.1, -0.05) is 19.3 Å². The van der Waals surface area contributed by atoms with Crippen molar-refractivity contribution in [2.24, 2.45) is 5.92 Å². The van der Waals surface area contributed by atoms with Crippen molar-refractivity contribution in [1.82, 2.24) is 0 Å². The maximum Gasteiger partial charge on any atom is 0.288 e. The molecule has 0 spiro atoms. The number of hydrogen-bond acceptors (Lipinski definition) is 6. The molecule has 7 nitrogen and oxygen atoms in total. The second-order valence-electron chi connectivity index (χ2n) is 6.04. The van der Waals surface area contributed by atoms with Crippen LogP contribution in [0.2, 0.25) is 0 Å². The van der Waals surface area contributed by atoms with Gasteiger partial charge in [0.2, 0.25) is 0 Å². The Morgan fingerprint density at radius 2 is 2.00 bits per heavy atom. The average molecular weight is 342 g/mol. The number of benzene rings is 1. The van der Waals surface area contributed by atoms with E-state index in [4.69, 9.17) is 0 Å². The van der Waals surface area contributed by atoms with Crippen molar-refractivity contribution in [3.63, 3.8) is 0 Å². The zero-order chi connectivity index (χ0) is 17.0. The van der Waals surface area contributed by atoms with Crippen LogP contribution in [0.25, 0.3) is 0 Å². The molecule has 0 aromatic heterocycles. The van der Waals surface area contributed by atoms with Crippen LogP contribution in [0.4, 0.5) is 11.4 Å². The van der Waals surface area contributed by atoms with Gasteiger partial charge < -0.3 is 10.4 Å². The number of nitro benzene ring substituents is 1. The smallest absolute Gasteiger partial charge is 0.288 e. The minimum absolute atomic E-state index is 0.0383. The Balaban J connectivity index is 2.31. The molecule has 0 amide bonds. The second kappa shape index (κ2) is 7.27. The lowest BCUT2D eigenvalue weighted by molar-refractivity contribution is -0.387. The molecule has 1 aliphatic carbocycles. The number of anilines is 1. The molecule has 23 heavy (non-hydrogen) atoms. The second-order valence-corrected chi connectivity index (χ2v) is 8.03. The van der Waals surface area contributed by atoms with E-state index in [1.54, 1.807) is 0 Å². The third-order valence-electron chi connectivity index (χ3n) is 4.30. The lowest BCUT2D eigenvalue weighted by atomic mass is 9.95. The van der Waals surface area contributed by atoms with Crippen LogP contribution in [0, 0.1) is 16.0 Å². The molecule has 1 saturated carbocycles. The van der Waals surface area contributed by atoms with Gasteiger partial charge in [-0.2, -0.15) is 0 Å². The first-order valence-electron chi connectivity index (χ1n) is 7.69. The van der Waals surface area contributed by atoms with Gasteiger partial charge in [0.25, 0.3) is 5.69 Å². The summed E-state index contributed by atoms with van der Waals surface area (Å²) in [6.07, 6.45) is 5.99. The summed E-state index contributed by atoms with van der Waals surface area (Å²) in [7, 11) is -3.70. The van der Waals surface area contributed by atoms with E-state index >= 15 is 0 Å². The summed E-state index contributed by atoms with van der Waals surface area (Å²) in [5, 5.41) is 23.8. The molecule has 8 heteroatoms. The van der Waals surface area contributed by atoms with Crippen LogP contribution >= 0.6 is 0 Å². The Morgan fingerprint density at radius 1 is 1.30 bits per heavy atom. The number of aliphatic hydroxyl groups is 1. The van der Waals surface area contributed by atoms with E-state index in [1.807, 2.05) is 0 Å². The molecule has 1 aromatic carbocycles. The Labute approximate surface area is 135 Å². The van der Waals surface area contributed by atoms with Crippen LogP contribution in [-0.4, -0.2) is 37.4 Å². The van der Waals surface area contributed by atoms with Gasteiger partial charge >= 0.3 is 0 Å². The van der Waals surface area contributed by atoms with Crippen molar-refractivity contribution in [1.29, 1.82) is 0 Å².